The van der Waals surface area contributed by atoms with E-state index in [0.29, 0.717) is 0 Å². The third-order valence-electron chi connectivity index (χ3n) is 1.92. The highest BCUT2D eigenvalue weighted by atomic mass is 35.5. The minimum atomic E-state index is -3.62. The van der Waals surface area contributed by atoms with E-state index in [4.69, 9.17) is 11.6 Å². The van der Waals surface area contributed by atoms with Gasteiger partial charge in [0.2, 0.25) is 15.9 Å². The number of carbonyl (C=O) groups is 1. The van der Waals surface area contributed by atoms with Gasteiger partial charge in [0.1, 0.15) is 4.90 Å². The Balaban J connectivity index is 2.64. The van der Waals surface area contributed by atoms with Crippen molar-refractivity contribution >= 4 is 27.5 Å². The first-order chi connectivity index (χ1) is 7.93. The van der Waals surface area contributed by atoms with Crippen LogP contribution in [0.5, 0.6) is 0 Å². The first-order valence-electron chi connectivity index (χ1n) is 4.92. The molecule has 1 aromatic carbocycles. The number of amides is 1. The summed E-state index contributed by atoms with van der Waals surface area (Å²) in [5.41, 5.74) is 0. The Hall–Kier alpha value is -1.11. The van der Waals surface area contributed by atoms with E-state index in [1.54, 1.807) is 12.1 Å². The lowest BCUT2D eigenvalue weighted by Crippen LogP contribution is -2.33. The van der Waals surface area contributed by atoms with Crippen molar-refractivity contribution in [3.05, 3.63) is 29.3 Å². The fraction of sp³-hybridized carbons (Fsp3) is 0.300. The van der Waals surface area contributed by atoms with Crippen LogP contribution >= 0.6 is 11.6 Å². The van der Waals surface area contributed by atoms with Crippen LogP contribution in [0.1, 0.15) is 6.92 Å². The SMILES string of the molecule is CC(=O)NCCNS(=O)(=O)c1ccccc1Cl. The van der Waals surface area contributed by atoms with Crippen molar-refractivity contribution < 1.29 is 13.2 Å². The van der Waals surface area contributed by atoms with Crippen LogP contribution in [0.15, 0.2) is 29.2 Å². The van der Waals surface area contributed by atoms with E-state index in [2.05, 4.69) is 10.0 Å². The van der Waals surface area contributed by atoms with Gasteiger partial charge in [-0.05, 0) is 12.1 Å². The Labute approximate surface area is 105 Å². The van der Waals surface area contributed by atoms with Crippen LogP contribution in [-0.2, 0) is 14.8 Å². The first-order valence-corrected chi connectivity index (χ1v) is 6.78. The van der Waals surface area contributed by atoms with Gasteiger partial charge in [-0.15, -0.1) is 0 Å². The van der Waals surface area contributed by atoms with Crippen molar-refractivity contribution in [2.75, 3.05) is 13.1 Å². The molecule has 7 heteroatoms. The Bertz CT molecular complexity index is 502. The first kappa shape index (κ1) is 14.0. The van der Waals surface area contributed by atoms with Crippen LogP contribution in [0.25, 0.3) is 0 Å². The molecular weight excluding hydrogens is 264 g/mol. The zero-order valence-electron chi connectivity index (χ0n) is 9.23. The second-order valence-electron chi connectivity index (χ2n) is 3.31. The van der Waals surface area contributed by atoms with Crippen molar-refractivity contribution in [2.24, 2.45) is 0 Å². The third kappa shape index (κ3) is 4.33. The molecule has 0 fully saturated rings. The van der Waals surface area contributed by atoms with Crippen LogP contribution in [-0.4, -0.2) is 27.4 Å². The molecule has 0 atom stereocenters. The van der Waals surface area contributed by atoms with E-state index in [1.807, 2.05) is 0 Å². The molecule has 0 spiro atoms. The number of benzene rings is 1. The molecule has 0 saturated carbocycles. The number of hydrogen-bond donors (Lipinski definition) is 2. The van der Waals surface area contributed by atoms with Gasteiger partial charge >= 0.3 is 0 Å². The number of sulfonamides is 1. The highest BCUT2D eigenvalue weighted by Crippen LogP contribution is 2.19. The number of rotatable bonds is 5. The quantitative estimate of drug-likeness (QED) is 0.780. The van der Waals surface area contributed by atoms with Crippen LogP contribution in [0.2, 0.25) is 5.02 Å². The van der Waals surface area contributed by atoms with Gasteiger partial charge in [-0.1, -0.05) is 23.7 Å². The topological polar surface area (TPSA) is 75.3 Å². The van der Waals surface area contributed by atoms with Crippen LogP contribution < -0.4 is 10.0 Å². The average Bonchev–Trinajstić information content (AvgIpc) is 2.24. The molecule has 0 unspecified atom stereocenters. The maximum Gasteiger partial charge on any atom is 0.242 e. The van der Waals surface area contributed by atoms with Gasteiger partial charge < -0.3 is 5.32 Å². The molecule has 0 aliphatic rings. The van der Waals surface area contributed by atoms with Crippen molar-refractivity contribution in [3.63, 3.8) is 0 Å². The Morgan fingerprint density at radius 3 is 2.53 bits per heavy atom. The van der Waals surface area contributed by atoms with E-state index >= 15 is 0 Å². The summed E-state index contributed by atoms with van der Waals surface area (Å²) in [6.45, 7) is 1.72. The molecule has 0 heterocycles. The Morgan fingerprint density at radius 1 is 1.29 bits per heavy atom. The van der Waals surface area contributed by atoms with E-state index in [0.717, 1.165) is 0 Å². The molecule has 0 aliphatic carbocycles. The Morgan fingerprint density at radius 2 is 1.94 bits per heavy atom. The highest BCUT2D eigenvalue weighted by molar-refractivity contribution is 7.89. The largest absolute Gasteiger partial charge is 0.355 e. The lowest BCUT2D eigenvalue weighted by molar-refractivity contribution is -0.118. The fourth-order valence-electron chi connectivity index (χ4n) is 1.16. The van der Waals surface area contributed by atoms with E-state index in [-0.39, 0.29) is 28.9 Å². The predicted molar refractivity (Wildman–Crippen MR) is 65.3 cm³/mol. The number of nitrogens with one attached hydrogen (secondary N) is 2. The molecule has 1 amide bonds. The van der Waals surface area contributed by atoms with E-state index < -0.39 is 10.0 Å². The zero-order chi connectivity index (χ0) is 12.9. The predicted octanol–water partition coefficient (Wildman–Crippen LogP) is 0.754. The molecule has 0 bridgehead atoms. The molecule has 5 nitrogen and oxygen atoms in total. The minimum absolute atomic E-state index is 0.0319. The maximum atomic E-state index is 11.8. The van der Waals surface area contributed by atoms with Crippen molar-refractivity contribution in [1.82, 2.24) is 10.0 Å². The molecule has 0 aliphatic heterocycles. The van der Waals surface area contributed by atoms with Gasteiger partial charge in [-0.25, -0.2) is 13.1 Å². The maximum absolute atomic E-state index is 11.8. The monoisotopic (exact) mass is 276 g/mol. The van der Waals surface area contributed by atoms with E-state index in [1.165, 1.54) is 19.1 Å². The van der Waals surface area contributed by atoms with Gasteiger partial charge in [-0.3, -0.25) is 4.79 Å². The van der Waals surface area contributed by atoms with Crippen molar-refractivity contribution in [3.8, 4) is 0 Å². The van der Waals surface area contributed by atoms with Gasteiger partial charge in [-0.2, -0.15) is 0 Å². The van der Waals surface area contributed by atoms with Gasteiger partial charge in [0.25, 0.3) is 0 Å². The van der Waals surface area contributed by atoms with Crippen LogP contribution in [0, 0.1) is 0 Å². The van der Waals surface area contributed by atoms with Gasteiger partial charge in [0.15, 0.2) is 0 Å². The normalized spacial score (nSPS) is 11.2. The smallest absolute Gasteiger partial charge is 0.242 e. The van der Waals surface area contributed by atoms with Crippen LogP contribution in [0.4, 0.5) is 0 Å². The molecule has 17 heavy (non-hydrogen) atoms. The molecular formula is C10H13ClN2O3S. The lowest BCUT2D eigenvalue weighted by Gasteiger charge is -2.08. The second-order valence-corrected chi connectivity index (χ2v) is 5.45. The summed E-state index contributed by atoms with van der Waals surface area (Å²) in [6, 6.07) is 6.17. The minimum Gasteiger partial charge on any atom is -0.355 e. The number of hydrogen-bond acceptors (Lipinski definition) is 3. The Kier molecular flexibility index (Phi) is 4.92. The summed E-state index contributed by atoms with van der Waals surface area (Å²) < 4.78 is 25.9. The summed E-state index contributed by atoms with van der Waals surface area (Å²) in [5, 5.41) is 2.65. The molecule has 2 N–H and O–H groups in total. The molecule has 0 aromatic heterocycles. The number of carbonyl (C=O) groups excluding carboxylic acids is 1. The molecule has 1 aromatic rings. The van der Waals surface area contributed by atoms with Gasteiger partial charge in [0, 0.05) is 20.0 Å². The fourth-order valence-corrected chi connectivity index (χ4v) is 2.71. The number of halogens is 1. The standard InChI is InChI=1S/C10H13ClN2O3S/c1-8(14)12-6-7-13-17(15,16)10-5-3-2-4-9(10)11/h2-5,13H,6-7H2,1H3,(H,12,14). The molecule has 0 radical (unpaired) electrons. The zero-order valence-corrected chi connectivity index (χ0v) is 10.8. The summed E-state index contributed by atoms with van der Waals surface area (Å²) in [6.07, 6.45) is 0. The van der Waals surface area contributed by atoms with Crippen molar-refractivity contribution in [2.45, 2.75) is 11.8 Å². The summed E-state index contributed by atoms with van der Waals surface area (Å²) >= 11 is 5.78. The second kappa shape index (κ2) is 6.00. The molecule has 1 rings (SSSR count). The average molecular weight is 277 g/mol. The van der Waals surface area contributed by atoms with Crippen LogP contribution in [0.3, 0.4) is 0 Å². The lowest BCUT2D eigenvalue weighted by atomic mass is 10.4. The molecule has 0 saturated heterocycles. The molecule has 94 valence electrons. The van der Waals surface area contributed by atoms with Gasteiger partial charge in [0.05, 0.1) is 5.02 Å². The van der Waals surface area contributed by atoms with E-state index in [9.17, 15) is 13.2 Å². The summed E-state index contributed by atoms with van der Waals surface area (Å²) in [5.74, 6) is -0.207. The summed E-state index contributed by atoms with van der Waals surface area (Å²) in [7, 11) is -3.62. The third-order valence-corrected chi connectivity index (χ3v) is 3.88. The highest BCUT2D eigenvalue weighted by Gasteiger charge is 2.16. The summed E-state index contributed by atoms with van der Waals surface area (Å²) in [4.78, 5) is 10.6. The van der Waals surface area contributed by atoms with Crippen molar-refractivity contribution in [1.29, 1.82) is 0 Å².